The predicted octanol–water partition coefficient (Wildman–Crippen LogP) is 1.66. The van der Waals surface area contributed by atoms with Crippen LogP contribution in [0.15, 0.2) is 22.9 Å². The highest BCUT2D eigenvalue weighted by Gasteiger charge is 2.10. The van der Waals surface area contributed by atoms with Crippen molar-refractivity contribution >= 4 is 21.6 Å². The molecule has 0 radical (unpaired) electrons. The second kappa shape index (κ2) is 4.58. The molecule has 1 unspecified atom stereocenters. The first kappa shape index (κ1) is 10.5. The van der Waals surface area contributed by atoms with Crippen molar-refractivity contribution in [1.82, 2.24) is 4.98 Å². The summed E-state index contributed by atoms with van der Waals surface area (Å²) < 4.78 is 0.942. The van der Waals surface area contributed by atoms with Crippen LogP contribution in [0.25, 0.3) is 0 Å². The largest absolute Gasteiger partial charge is 0.394 e. The van der Waals surface area contributed by atoms with Gasteiger partial charge in [-0.25, -0.2) is 0 Å². The van der Waals surface area contributed by atoms with Gasteiger partial charge < -0.3 is 10.0 Å². The van der Waals surface area contributed by atoms with Gasteiger partial charge in [0.1, 0.15) is 0 Å². The van der Waals surface area contributed by atoms with Crippen molar-refractivity contribution in [2.75, 3.05) is 18.6 Å². The van der Waals surface area contributed by atoms with Crippen LogP contribution in [0.1, 0.15) is 6.92 Å². The molecule has 0 spiro atoms. The van der Waals surface area contributed by atoms with Gasteiger partial charge in [-0.2, -0.15) is 0 Å². The Hall–Kier alpha value is -0.610. The van der Waals surface area contributed by atoms with Gasteiger partial charge >= 0.3 is 0 Å². The Morgan fingerprint density at radius 1 is 1.69 bits per heavy atom. The van der Waals surface area contributed by atoms with E-state index in [9.17, 15) is 0 Å². The van der Waals surface area contributed by atoms with Crippen molar-refractivity contribution in [1.29, 1.82) is 0 Å². The molecular weight excluding hydrogens is 232 g/mol. The summed E-state index contributed by atoms with van der Waals surface area (Å²) in [6.07, 6.45) is 3.48. The van der Waals surface area contributed by atoms with Crippen LogP contribution in [0.4, 0.5) is 5.69 Å². The molecule has 1 aromatic heterocycles. The number of rotatable bonds is 3. The number of aliphatic hydroxyl groups excluding tert-OH is 1. The zero-order valence-electron chi connectivity index (χ0n) is 7.74. The van der Waals surface area contributed by atoms with Gasteiger partial charge in [0, 0.05) is 25.5 Å². The highest BCUT2D eigenvalue weighted by Crippen LogP contribution is 2.24. The van der Waals surface area contributed by atoms with Crippen molar-refractivity contribution in [3.8, 4) is 0 Å². The van der Waals surface area contributed by atoms with E-state index in [0.29, 0.717) is 0 Å². The van der Waals surface area contributed by atoms with Crippen LogP contribution in [-0.2, 0) is 0 Å². The van der Waals surface area contributed by atoms with Crippen molar-refractivity contribution in [3.63, 3.8) is 0 Å². The van der Waals surface area contributed by atoms with Gasteiger partial charge in [-0.05, 0) is 28.9 Å². The normalized spacial score (nSPS) is 12.6. The Labute approximate surface area is 86.5 Å². The van der Waals surface area contributed by atoms with E-state index in [4.69, 9.17) is 5.11 Å². The molecule has 0 bridgehead atoms. The van der Waals surface area contributed by atoms with Gasteiger partial charge in [0.05, 0.1) is 16.8 Å². The fourth-order valence-corrected chi connectivity index (χ4v) is 1.54. The lowest BCUT2D eigenvalue weighted by Gasteiger charge is -2.26. The average Bonchev–Trinajstić information content (AvgIpc) is 2.16. The molecule has 72 valence electrons. The van der Waals surface area contributed by atoms with Crippen LogP contribution in [0, 0.1) is 0 Å². The van der Waals surface area contributed by atoms with E-state index in [1.165, 1.54) is 0 Å². The number of hydrogen-bond donors (Lipinski definition) is 1. The fraction of sp³-hybridized carbons (Fsp3) is 0.444. The molecule has 4 heteroatoms. The first-order valence-electron chi connectivity index (χ1n) is 4.10. The van der Waals surface area contributed by atoms with E-state index in [2.05, 4.69) is 20.9 Å². The van der Waals surface area contributed by atoms with Crippen molar-refractivity contribution in [2.45, 2.75) is 13.0 Å². The number of aromatic nitrogens is 1. The lowest BCUT2D eigenvalue weighted by atomic mass is 10.3. The number of nitrogens with zero attached hydrogens (tertiary/aromatic N) is 2. The number of pyridine rings is 1. The van der Waals surface area contributed by atoms with Gasteiger partial charge in [0.2, 0.25) is 0 Å². The molecule has 0 aliphatic carbocycles. The molecule has 1 N–H and O–H groups in total. The van der Waals surface area contributed by atoms with Crippen molar-refractivity contribution in [2.24, 2.45) is 0 Å². The average molecular weight is 245 g/mol. The molecule has 0 aliphatic heterocycles. The van der Waals surface area contributed by atoms with Gasteiger partial charge in [-0.3, -0.25) is 4.98 Å². The Balaban J connectivity index is 2.88. The van der Waals surface area contributed by atoms with E-state index in [0.717, 1.165) is 10.2 Å². The van der Waals surface area contributed by atoms with Crippen LogP contribution >= 0.6 is 15.9 Å². The Morgan fingerprint density at radius 3 is 2.92 bits per heavy atom. The van der Waals surface area contributed by atoms with E-state index in [-0.39, 0.29) is 12.6 Å². The number of likely N-dealkylation sites (N-methyl/N-ethyl adjacent to an activating group) is 1. The summed E-state index contributed by atoms with van der Waals surface area (Å²) in [5.74, 6) is 0. The van der Waals surface area contributed by atoms with Crippen LogP contribution in [-0.4, -0.2) is 29.8 Å². The van der Waals surface area contributed by atoms with Gasteiger partial charge in [0.25, 0.3) is 0 Å². The quantitative estimate of drug-likeness (QED) is 0.879. The molecule has 1 heterocycles. The van der Waals surface area contributed by atoms with Crippen LogP contribution in [0.2, 0.25) is 0 Å². The minimum absolute atomic E-state index is 0.110. The highest BCUT2D eigenvalue weighted by molar-refractivity contribution is 9.10. The Bertz CT molecular complexity index is 280. The number of anilines is 1. The summed E-state index contributed by atoms with van der Waals surface area (Å²) in [5, 5.41) is 8.98. The van der Waals surface area contributed by atoms with E-state index < -0.39 is 0 Å². The van der Waals surface area contributed by atoms with Crippen molar-refractivity contribution in [3.05, 3.63) is 22.9 Å². The molecule has 0 saturated heterocycles. The minimum Gasteiger partial charge on any atom is -0.394 e. The van der Waals surface area contributed by atoms with E-state index in [1.807, 2.05) is 24.9 Å². The first-order chi connectivity index (χ1) is 6.16. The Morgan fingerprint density at radius 2 is 2.38 bits per heavy atom. The number of halogens is 1. The zero-order valence-corrected chi connectivity index (χ0v) is 9.32. The molecule has 0 saturated carbocycles. The molecule has 1 aromatic rings. The van der Waals surface area contributed by atoms with Crippen LogP contribution < -0.4 is 4.90 Å². The summed E-state index contributed by atoms with van der Waals surface area (Å²) in [5.41, 5.74) is 1.04. The highest BCUT2D eigenvalue weighted by atomic mass is 79.9. The fourth-order valence-electron chi connectivity index (χ4n) is 1.01. The maximum Gasteiger partial charge on any atom is 0.0632 e. The molecule has 3 nitrogen and oxygen atoms in total. The van der Waals surface area contributed by atoms with Crippen molar-refractivity contribution < 1.29 is 5.11 Å². The minimum atomic E-state index is 0.110. The summed E-state index contributed by atoms with van der Waals surface area (Å²) in [6, 6.07) is 2.02. The Kier molecular flexibility index (Phi) is 3.69. The molecular formula is C9H13BrN2O. The maximum absolute atomic E-state index is 8.98. The monoisotopic (exact) mass is 244 g/mol. The topological polar surface area (TPSA) is 36.4 Å². The summed E-state index contributed by atoms with van der Waals surface area (Å²) in [7, 11) is 1.95. The van der Waals surface area contributed by atoms with Crippen LogP contribution in [0.5, 0.6) is 0 Å². The van der Waals surface area contributed by atoms with Gasteiger partial charge in [0.15, 0.2) is 0 Å². The number of hydrogen-bond acceptors (Lipinski definition) is 3. The smallest absolute Gasteiger partial charge is 0.0632 e. The summed E-state index contributed by atoms with van der Waals surface area (Å²) in [4.78, 5) is 5.98. The lowest BCUT2D eigenvalue weighted by Crippen LogP contribution is -2.31. The predicted molar refractivity (Wildman–Crippen MR) is 56.9 cm³/mol. The summed E-state index contributed by atoms with van der Waals surface area (Å²) >= 11 is 3.41. The summed E-state index contributed by atoms with van der Waals surface area (Å²) in [6.45, 7) is 2.11. The molecule has 0 aromatic carbocycles. The third kappa shape index (κ3) is 2.42. The van der Waals surface area contributed by atoms with Crippen LogP contribution in [0.3, 0.4) is 0 Å². The van der Waals surface area contributed by atoms with E-state index >= 15 is 0 Å². The third-order valence-electron chi connectivity index (χ3n) is 2.06. The number of aliphatic hydroxyl groups is 1. The standard InChI is InChI=1S/C9H13BrN2O/c1-7(6-13)12(2)9-3-4-11-5-8(9)10/h3-5,7,13H,6H2,1-2H3. The third-order valence-corrected chi connectivity index (χ3v) is 2.67. The second-order valence-electron chi connectivity index (χ2n) is 2.97. The maximum atomic E-state index is 8.98. The molecule has 0 fully saturated rings. The molecule has 1 atom stereocenters. The molecule has 13 heavy (non-hydrogen) atoms. The van der Waals surface area contributed by atoms with E-state index in [1.54, 1.807) is 12.4 Å². The molecule has 1 rings (SSSR count). The van der Waals surface area contributed by atoms with Gasteiger partial charge in [-0.15, -0.1) is 0 Å². The van der Waals surface area contributed by atoms with Gasteiger partial charge in [-0.1, -0.05) is 0 Å². The first-order valence-corrected chi connectivity index (χ1v) is 4.89. The molecule has 0 amide bonds. The lowest BCUT2D eigenvalue weighted by molar-refractivity contribution is 0.270. The SMILES string of the molecule is CC(CO)N(C)c1ccncc1Br. The second-order valence-corrected chi connectivity index (χ2v) is 3.82. The zero-order chi connectivity index (χ0) is 9.84. The molecule has 0 aliphatic rings.